The van der Waals surface area contributed by atoms with Gasteiger partial charge < -0.3 is 10.1 Å². The highest BCUT2D eigenvalue weighted by Crippen LogP contribution is 2.29. The molecule has 1 aliphatic rings. The number of amides is 1. The zero-order chi connectivity index (χ0) is 15.4. The van der Waals surface area contributed by atoms with Gasteiger partial charge >= 0.3 is 0 Å². The van der Waals surface area contributed by atoms with E-state index < -0.39 is 0 Å². The van der Waals surface area contributed by atoms with Crippen molar-refractivity contribution in [1.29, 1.82) is 0 Å². The van der Waals surface area contributed by atoms with Crippen LogP contribution in [0.1, 0.15) is 18.9 Å². The van der Waals surface area contributed by atoms with Crippen LogP contribution >= 0.6 is 11.6 Å². The normalized spacial score (nSPS) is 15.0. The molecular formula is C16H21ClN2O2. The molecule has 21 heavy (non-hydrogen) atoms. The molecule has 0 unspecified atom stereocenters. The summed E-state index contributed by atoms with van der Waals surface area (Å²) < 4.78 is 5.74. The fourth-order valence-electron chi connectivity index (χ4n) is 2.29. The first-order chi connectivity index (χ1) is 9.99. The van der Waals surface area contributed by atoms with Crippen LogP contribution in [0.5, 0.6) is 5.75 Å². The summed E-state index contributed by atoms with van der Waals surface area (Å²) in [5.41, 5.74) is 2.19. The molecule has 0 bridgehead atoms. The number of likely N-dealkylation sites (N-methyl/N-ethyl adjacent to an activating group) is 1. The third-order valence-electron chi connectivity index (χ3n) is 3.71. The van der Waals surface area contributed by atoms with Crippen molar-refractivity contribution in [2.45, 2.75) is 19.4 Å². The average molecular weight is 309 g/mol. The van der Waals surface area contributed by atoms with Gasteiger partial charge in [0.2, 0.25) is 5.91 Å². The van der Waals surface area contributed by atoms with Gasteiger partial charge in [-0.05, 0) is 43.8 Å². The molecule has 0 saturated carbocycles. The Bertz CT molecular complexity index is 557. The number of ether oxygens (including phenoxy) is 1. The standard InChI is InChI=1S/C16H21ClN2O2/c1-11(6-16(20)18-2)19(3)9-12-7-13-8-14(17)4-5-15(13)21-10-12/h4-5,7-8,11H,6,9-10H2,1-3H3,(H,18,20)/t11-/m0/s1. The molecule has 1 atom stereocenters. The molecule has 0 saturated heterocycles. The van der Waals surface area contributed by atoms with E-state index in [1.165, 1.54) is 5.57 Å². The molecule has 114 valence electrons. The molecule has 2 rings (SSSR count). The van der Waals surface area contributed by atoms with Crippen molar-refractivity contribution in [1.82, 2.24) is 10.2 Å². The summed E-state index contributed by atoms with van der Waals surface area (Å²) in [6.45, 7) is 3.39. The molecule has 1 aromatic carbocycles. The van der Waals surface area contributed by atoms with Gasteiger partial charge in [0.25, 0.3) is 0 Å². The van der Waals surface area contributed by atoms with Gasteiger partial charge in [-0.1, -0.05) is 11.6 Å². The number of nitrogens with zero attached hydrogens (tertiary/aromatic N) is 1. The largest absolute Gasteiger partial charge is 0.489 e. The first kappa shape index (κ1) is 15.9. The second kappa shape index (κ2) is 6.96. The van der Waals surface area contributed by atoms with Crippen molar-refractivity contribution in [3.63, 3.8) is 0 Å². The number of hydrogen-bond donors (Lipinski definition) is 1. The van der Waals surface area contributed by atoms with Gasteiger partial charge in [0.15, 0.2) is 0 Å². The van der Waals surface area contributed by atoms with Crippen LogP contribution in [0.3, 0.4) is 0 Å². The van der Waals surface area contributed by atoms with E-state index in [1.54, 1.807) is 7.05 Å². The Hall–Kier alpha value is -1.52. The number of nitrogens with one attached hydrogen (secondary N) is 1. The van der Waals surface area contributed by atoms with Crippen LogP contribution in [0.15, 0.2) is 23.8 Å². The van der Waals surface area contributed by atoms with Crippen LogP contribution in [0, 0.1) is 0 Å². The summed E-state index contributed by atoms with van der Waals surface area (Å²) in [6, 6.07) is 5.80. The molecular weight excluding hydrogens is 288 g/mol. The monoisotopic (exact) mass is 308 g/mol. The van der Waals surface area contributed by atoms with E-state index in [4.69, 9.17) is 16.3 Å². The quantitative estimate of drug-likeness (QED) is 0.909. The molecule has 0 spiro atoms. The van der Waals surface area contributed by atoms with E-state index in [2.05, 4.69) is 16.3 Å². The third-order valence-corrected chi connectivity index (χ3v) is 3.94. The second-order valence-corrected chi connectivity index (χ2v) is 5.85. The lowest BCUT2D eigenvalue weighted by atomic mass is 10.1. The molecule has 4 nitrogen and oxygen atoms in total. The second-order valence-electron chi connectivity index (χ2n) is 5.41. The minimum Gasteiger partial charge on any atom is -0.489 e. The Balaban J connectivity index is 2.01. The summed E-state index contributed by atoms with van der Waals surface area (Å²) >= 11 is 6.01. The number of rotatable bonds is 5. The highest BCUT2D eigenvalue weighted by Gasteiger charge is 2.17. The van der Waals surface area contributed by atoms with E-state index in [0.29, 0.717) is 18.1 Å². The van der Waals surface area contributed by atoms with Gasteiger partial charge in [0, 0.05) is 36.6 Å². The first-order valence-electron chi connectivity index (χ1n) is 7.02. The van der Waals surface area contributed by atoms with Crippen LogP contribution in [0.25, 0.3) is 6.08 Å². The number of benzene rings is 1. The molecule has 0 fully saturated rings. The minimum atomic E-state index is 0.0559. The van der Waals surface area contributed by atoms with Crippen LogP contribution in [0.4, 0.5) is 0 Å². The van der Waals surface area contributed by atoms with E-state index in [0.717, 1.165) is 17.9 Å². The Labute approximate surface area is 130 Å². The number of hydrogen-bond acceptors (Lipinski definition) is 3. The van der Waals surface area contributed by atoms with Crippen LogP contribution in [-0.2, 0) is 4.79 Å². The van der Waals surface area contributed by atoms with Crippen molar-refractivity contribution in [2.75, 3.05) is 27.2 Å². The highest BCUT2D eigenvalue weighted by atomic mass is 35.5. The van der Waals surface area contributed by atoms with Crippen molar-refractivity contribution < 1.29 is 9.53 Å². The summed E-state index contributed by atoms with van der Waals surface area (Å²) in [4.78, 5) is 13.6. The molecule has 1 aromatic rings. The Kier molecular flexibility index (Phi) is 5.26. The van der Waals surface area contributed by atoms with Gasteiger partial charge in [0.05, 0.1) is 0 Å². The Morgan fingerprint density at radius 2 is 2.29 bits per heavy atom. The molecule has 5 heteroatoms. The van der Waals surface area contributed by atoms with Gasteiger partial charge in [-0.3, -0.25) is 9.69 Å². The highest BCUT2D eigenvalue weighted by molar-refractivity contribution is 6.30. The fourth-order valence-corrected chi connectivity index (χ4v) is 2.47. The van der Waals surface area contributed by atoms with E-state index in [-0.39, 0.29) is 11.9 Å². The molecule has 1 N–H and O–H groups in total. The molecule has 1 aliphatic heterocycles. The lowest BCUT2D eigenvalue weighted by Crippen LogP contribution is -2.36. The lowest BCUT2D eigenvalue weighted by Gasteiger charge is -2.27. The fraction of sp³-hybridized carbons (Fsp3) is 0.438. The molecule has 0 aliphatic carbocycles. The molecule has 0 aromatic heterocycles. The van der Waals surface area contributed by atoms with Crippen molar-refractivity contribution in [3.8, 4) is 5.75 Å². The Morgan fingerprint density at radius 1 is 1.52 bits per heavy atom. The van der Waals surface area contributed by atoms with Gasteiger partial charge in [-0.25, -0.2) is 0 Å². The maximum atomic E-state index is 11.4. The first-order valence-corrected chi connectivity index (χ1v) is 7.40. The van der Waals surface area contributed by atoms with Crippen molar-refractivity contribution in [2.24, 2.45) is 0 Å². The molecule has 1 heterocycles. The lowest BCUT2D eigenvalue weighted by molar-refractivity contribution is -0.121. The molecule has 1 amide bonds. The van der Waals surface area contributed by atoms with Crippen LogP contribution in [0.2, 0.25) is 5.02 Å². The zero-order valence-corrected chi connectivity index (χ0v) is 13.4. The smallest absolute Gasteiger partial charge is 0.221 e. The number of halogens is 1. The van der Waals surface area contributed by atoms with Crippen LogP contribution < -0.4 is 10.1 Å². The SMILES string of the molecule is CNC(=O)C[C@H](C)N(C)CC1=Cc2cc(Cl)ccc2OC1. The maximum Gasteiger partial charge on any atom is 0.221 e. The van der Waals surface area contributed by atoms with Gasteiger partial charge in [-0.2, -0.15) is 0 Å². The van der Waals surface area contributed by atoms with Crippen molar-refractivity contribution >= 4 is 23.6 Å². The Morgan fingerprint density at radius 3 is 3.00 bits per heavy atom. The predicted molar refractivity (Wildman–Crippen MR) is 85.7 cm³/mol. The summed E-state index contributed by atoms with van der Waals surface area (Å²) in [7, 11) is 3.68. The van der Waals surface area contributed by atoms with Crippen LogP contribution in [-0.4, -0.2) is 44.1 Å². The summed E-state index contributed by atoms with van der Waals surface area (Å²) in [5.74, 6) is 0.921. The summed E-state index contributed by atoms with van der Waals surface area (Å²) in [5, 5.41) is 3.36. The van der Waals surface area contributed by atoms with Gasteiger partial charge in [-0.15, -0.1) is 0 Å². The predicted octanol–water partition coefficient (Wildman–Crippen LogP) is 2.57. The van der Waals surface area contributed by atoms with E-state index in [9.17, 15) is 4.79 Å². The average Bonchev–Trinajstić information content (AvgIpc) is 2.46. The number of fused-ring (bicyclic) bond motifs is 1. The number of carbonyl (C=O) groups is 1. The topological polar surface area (TPSA) is 41.6 Å². The summed E-state index contributed by atoms with van der Waals surface area (Å²) in [6.07, 6.45) is 2.61. The van der Waals surface area contributed by atoms with Crippen molar-refractivity contribution in [3.05, 3.63) is 34.4 Å². The zero-order valence-electron chi connectivity index (χ0n) is 12.6. The number of carbonyl (C=O) groups excluding carboxylic acids is 1. The molecule has 0 radical (unpaired) electrons. The van der Waals surface area contributed by atoms with E-state index in [1.807, 2.05) is 32.2 Å². The third kappa shape index (κ3) is 4.22. The minimum absolute atomic E-state index is 0.0559. The maximum absolute atomic E-state index is 11.4. The van der Waals surface area contributed by atoms with E-state index >= 15 is 0 Å². The van der Waals surface area contributed by atoms with Gasteiger partial charge in [0.1, 0.15) is 12.4 Å².